The Morgan fingerprint density at radius 2 is 1.90 bits per heavy atom. The smallest absolute Gasteiger partial charge is 0.265 e. The number of methoxy groups -OCH3 is 2. The summed E-state index contributed by atoms with van der Waals surface area (Å²) in [4.78, 5) is 19.5. The molecule has 0 unspecified atom stereocenters. The van der Waals surface area contributed by atoms with Gasteiger partial charge in [-0.05, 0) is 28.8 Å². The molecule has 1 saturated carbocycles. The summed E-state index contributed by atoms with van der Waals surface area (Å²) in [7, 11) is 3.29. The van der Waals surface area contributed by atoms with Crippen molar-refractivity contribution < 1.29 is 9.47 Å². The highest BCUT2D eigenvalue weighted by atomic mass is 79.9. The second-order valence-electron chi connectivity index (χ2n) is 5.22. The number of nitrogens with one attached hydrogen (secondary N) is 1. The molecule has 0 saturated heterocycles. The number of hydrogen-bond acceptors (Lipinski definition) is 4. The monoisotopic (exact) mass is 344 g/mol. The lowest BCUT2D eigenvalue weighted by atomic mass is 9.93. The van der Waals surface area contributed by atoms with Crippen LogP contribution in [-0.2, 0) is 21.7 Å². The Morgan fingerprint density at radius 1 is 1.25 bits per heavy atom. The molecule has 1 heterocycles. The van der Waals surface area contributed by atoms with Crippen LogP contribution >= 0.6 is 15.9 Å². The third-order valence-electron chi connectivity index (χ3n) is 3.95. The van der Waals surface area contributed by atoms with Crippen molar-refractivity contribution in [3.8, 4) is 0 Å². The number of H-pyrrole nitrogens is 1. The molecule has 0 radical (unpaired) electrons. The summed E-state index contributed by atoms with van der Waals surface area (Å²) in [5, 5.41) is 0. The molecule has 0 amide bonds. The first-order valence-electron chi connectivity index (χ1n) is 6.96. The van der Waals surface area contributed by atoms with Gasteiger partial charge < -0.3 is 14.5 Å². The molecule has 1 aromatic heterocycles. The number of hydrogen-bond donors (Lipinski definition) is 1. The average Bonchev–Trinajstić information content (AvgIpc) is 2.70. The van der Waals surface area contributed by atoms with Crippen molar-refractivity contribution in [2.75, 3.05) is 14.2 Å². The summed E-state index contributed by atoms with van der Waals surface area (Å²) < 4.78 is 11.3. The number of halogens is 1. The SMILES string of the molecule is COCc1nc(C2(OC)CCCCCC2)[nH]c(=O)c1Br. The first kappa shape index (κ1) is 15.7. The van der Waals surface area contributed by atoms with Crippen molar-refractivity contribution >= 4 is 15.9 Å². The maximum Gasteiger partial charge on any atom is 0.265 e. The molecule has 0 atom stereocenters. The summed E-state index contributed by atoms with van der Waals surface area (Å²) >= 11 is 3.27. The summed E-state index contributed by atoms with van der Waals surface area (Å²) in [6, 6.07) is 0. The van der Waals surface area contributed by atoms with Gasteiger partial charge in [-0.2, -0.15) is 0 Å². The van der Waals surface area contributed by atoms with E-state index >= 15 is 0 Å². The highest BCUT2D eigenvalue weighted by Gasteiger charge is 2.36. The number of aromatic nitrogens is 2. The molecule has 1 aromatic rings. The minimum atomic E-state index is -0.473. The molecule has 1 aliphatic carbocycles. The van der Waals surface area contributed by atoms with Crippen molar-refractivity contribution in [3.63, 3.8) is 0 Å². The second kappa shape index (κ2) is 6.83. The van der Waals surface area contributed by atoms with Crippen molar-refractivity contribution in [3.05, 3.63) is 26.3 Å². The molecule has 112 valence electrons. The van der Waals surface area contributed by atoms with Crippen LogP contribution in [0.3, 0.4) is 0 Å². The molecule has 20 heavy (non-hydrogen) atoms. The van der Waals surface area contributed by atoms with Crippen LogP contribution in [0.1, 0.15) is 50.0 Å². The Balaban J connectivity index is 2.45. The van der Waals surface area contributed by atoms with Gasteiger partial charge in [-0.1, -0.05) is 25.7 Å². The van der Waals surface area contributed by atoms with E-state index in [2.05, 4.69) is 25.9 Å². The van der Waals surface area contributed by atoms with Crippen LogP contribution in [0.5, 0.6) is 0 Å². The van der Waals surface area contributed by atoms with Crippen LogP contribution in [0.15, 0.2) is 9.27 Å². The summed E-state index contributed by atoms with van der Waals surface area (Å²) in [6.45, 7) is 0.303. The molecular weight excluding hydrogens is 324 g/mol. The zero-order valence-corrected chi connectivity index (χ0v) is 13.6. The van der Waals surface area contributed by atoms with Gasteiger partial charge in [0.25, 0.3) is 5.56 Å². The first-order chi connectivity index (χ1) is 9.63. The zero-order chi connectivity index (χ0) is 14.6. The second-order valence-corrected chi connectivity index (χ2v) is 6.01. The fourth-order valence-electron chi connectivity index (χ4n) is 2.79. The van der Waals surface area contributed by atoms with Crippen LogP contribution in [0, 0.1) is 0 Å². The Kier molecular flexibility index (Phi) is 5.35. The molecule has 2 rings (SSSR count). The molecule has 5 nitrogen and oxygen atoms in total. The molecule has 1 fully saturated rings. The minimum absolute atomic E-state index is 0.178. The molecular formula is C14H21BrN2O3. The van der Waals surface area contributed by atoms with Gasteiger partial charge in [-0.25, -0.2) is 4.98 Å². The lowest BCUT2D eigenvalue weighted by Crippen LogP contribution is -2.33. The Labute approximate surface area is 127 Å². The third kappa shape index (κ3) is 3.13. The lowest BCUT2D eigenvalue weighted by molar-refractivity contribution is -0.0357. The van der Waals surface area contributed by atoms with E-state index in [9.17, 15) is 4.79 Å². The Bertz CT molecular complexity index is 508. The van der Waals surface area contributed by atoms with E-state index in [1.165, 1.54) is 12.8 Å². The number of rotatable bonds is 4. The summed E-state index contributed by atoms with van der Waals surface area (Å²) in [6.07, 6.45) is 6.37. The fraction of sp³-hybridized carbons (Fsp3) is 0.714. The van der Waals surface area contributed by atoms with Gasteiger partial charge in [-0.15, -0.1) is 0 Å². The Morgan fingerprint density at radius 3 is 2.45 bits per heavy atom. The van der Waals surface area contributed by atoms with Gasteiger partial charge in [-0.3, -0.25) is 4.79 Å². The van der Waals surface area contributed by atoms with E-state index in [-0.39, 0.29) is 5.56 Å². The molecule has 0 aromatic carbocycles. The van der Waals surface area contributed by atoms with E-state index in [1.807, 2.05) is 0 Å². The van der Waals surface area contributed by atoms with Crippen LogP contribution in [0.25, 0.3) is 0 Å². The molecule has 0 aliphatic heterocycles. The van der Waals surface area contributed by atoms with Crippen molar-refractivity contribution in [2.24, 2.45) is 0 Å². The van der Waals surface area contributed by atoms with Gasteiger partial charge in [0, 0.05) is 14.2 Å². The van der Waals surface area contributed by atoms with Gasteiger partial charge in [0.15, 0.2) is 0 Å². The fourth-order valence-corrected chi connectivity index (χ4v) is 3.09. The summed E-state index contributed by atoms with van der Waals surface area (Å²) in [5.74, 6) is 0.627. The van der Waals surface area contributed by atoms with Gasteiger partial charge in [0.1, 0.15) is 15.9 Å². The Hall–Kier alpha value is -0.720. The van der Waals surface area contributed by atoms with E-state index < -0.39 is 5.60 Å². The van der Waals surface area contributed by atoms with Crippen LogP contribution in [-0.4, -0.2) is 24.2 Å². The number of nitrogens with zero attached hydrogens (tertiary/aromatic N) is 1. The van der Waals surface area contributed by atoms with E-state index in [1.54, 1.807) is 14.2 Å². The highest BCUT2D eigenvalue weighted by Crippen LogP contribution is 2.37. The minimum Gasteiger partial charge on any atom is -0.378 e. The van der Waals surface area contributed by atoms with Crippen LogP contribution < -0.4 is 5.56 Å². The van der Waals surface area contributed by atoms with Crippen molar-refractivity contribution in [2.45, 2.75) is 50.7 Å². The maximum atomic E-state index is 12.1. The lowest BCUT2D eigenvalue weighted by Gasteiger charge is -2.30. The van der Waals surface area contributed by atoms with Crippen LogP contribution in [0.2, 0.25) is 0 Å². The predicted molar refractivity (Wildman–Crippen MR) is 79.7 cm³/mol. The van der Waals surface area contributed by atoms with E-state index in [4.69, 9.17) is 9.47 Å². The van der Waals surface area contributed by atoms with Gasteiger partial charge >= 0.3 is 0 Å². The third-order valence-corrected chi connectivity index (χ3v) is 4.76. The topological polar surface area (TPSA) is 64.2 Å². The van der Waals surface area contributed by atoms with Crippen LogP contribution in [0.4, 0.5) is 0 Å². The predicted octanol–water partition coefficient (Wildman–Crippen LogP) is 2.87. The molecule has 1 aliphatic rings. The molecule has 1 N–H and O–H groups in total. The van der Waals surface area contributed by atoms with Gasteiger partial charge in [0.05, 0.1) is 12.3 Å². The van der Waals surface area contributed by atoms with Crippen molar-refractivity contribution in [1.29, 1.82) is 0 Å². The van der Waals surface area contributed by atoms with E-state index in [0.717, 1.165) is 25.7 Å². The average molecular weight is 345 g/mol. The maximum absolute atomic E-state index is 12.1. The molecule has 0 bridgehead atoms. The first-order valence-corrected chi connectivity index (χ1v) is 7.75. The molecule has 0 spiro atoms. The molecule has 6 heteroatoms. The quantitative estimate of drug-likeness (QED) is 0.853. The van der Waals surface area contributed by atoms with E-state index in [0.29, 0.717) is 22.6 Å². The summed E-state index contributed by atoms with van der Waals surface area (Å²) in [5.41, 5.74) is -0.0339. The number of aromatic amines is 1. The number of ether oxygens (including phenoxy) is 2. The normalized spacial score (nSPS) is 18.8. The van der Waals surface area contributed by atoms with Crippen molar-refractivity contribution in [1.82, 2.24) is 9.97 Å². The standard InChI is InChI=1S/C14H21BrN2O3/c1-19-9-10-11(15)12(18)17-13(16-10)14(20-2)7-5-3-4-6-8-14/h3-9H2,1-2H3,(H,16,17,18). The largest absolute Gasteiger partial charge is 0.378 e. The zero-order valence-electron chi connectivity index (χ0n) is 12.0. The van der Waals surface area contributed by atoms with Gasteiger partial charge in [0.2, 0.25) is 0 Å². The highest BCUT2D eigenvalue weighted by molar-refractivity contribution is 9.10.